The van der Waals surface area contributed by atoms with Gasteiger partial charge in [-0.15, -0.1) is 0 Å². The molecule has 0 saturated carbocycles. The molecule has 0 radical (unpaired) electrons. The first-order chi connectivity index (χ1) is 7.96. The topological polar surface area (TPSA) is 105 Å². The number of nitrogens with one attached hydrogen (secondary N) is 1. The molecule has 8 heteroatoms. The molecule has 1 aliphatic rings. The van der Waals surface area contributed by atoms with Crippen LogP contribution in [-0.2, 0) is 10.7 Å². The minimum atomic E-state index is -2.56. The predicted octanol–water partition coefficient (Wildman–Crippen LogP) is -1.74. The van der Waals surface area contributed by atoms with Crippen LogP contribution in [0.2, 0.25) is 0 Å². The van der Waals surface area contributed by atoms with Crippen molar-refractivity contribution in [3.05, 3.63) is 33.1 Å². The van der Waals surface area contributed by atoms with E-state index >= 15 is 0 Å². The lowest BCUT2D eigenvalue weighted by Gasteiger charge is -2.21. The summed E-state index contributed by atoms with van der Waals surface area (Å²) in [6, 6.07) is 0.963. The first kappa shape index (κ1) is 12.0. The summed E-state index contributed by atoms with van der Waals surface area (Å²) < 4.78 is 19.6. The molecule has 0 unspecified atom stereocenters. The molecule has 3 atom stereocenters. The number of aromatic amines is 1. The van der Waals surface area contributed by atoms with Crippen LogP contribution < -0.4 is 11.2 Å². The average molecular weight is 246 g/mol. The molecule has 0 bridgehead atoms. The molecule has 0 amide bonds. The minimum Gasteiger partial charge on any atom is -0.394 e. The zero-order valence-corrected chi connectivity index (χ0v) is 8.67. The zero-order valence-electron chi connectivity index (χ0n) is 8.67. The van der Waals surface area contributed by atoms with Crippen LogP contribution in [0.25, 0.3) is 0 Å². The molecular weight excluding hydrogens is 235 g/mol. The van der Waals surface area contributed by atoms with Gasteiger partial charge in [-0.25, -0.2) is 9.36 Å². The second-order valence-corrected chi connectivity index (χ2v) is 3.78. The summed E-state index contributed by atoms with van der Waals surface area (Å²) in [5.74, 6) is -2.56. The smallest absolute Gasteiger partial charge is 0.332 e. The first-order valence-electron chi connectivity index (χ1n) is 4.94. The minimum absolute atomic E-state index is 0.496. The summed E-state index contributed by atoms with van der Waals surface area (Å²) in [4.78, 5) is 24.1. The number of rotatable bonds is 2. The Hall–Kier alpha value is -1.51. The number of halogens is 1. The van der Waals surface area contributed by atoms with E-state index in [-0.39, 0.29) is 0 Å². The van der Waals surface area contributed by atoms with E-state index in [1.54, 1.807) is 0 Å². The number of aromatic nitrogens is 2. The van der Waals surface area contributed by atoms with Crippen LogP contribution in [0.1, 0.15) is 6.42 Å². The number of H-pyrrole nitrogens is 1. The lowest BCUT2D eigenvalue weighted by Crippen LogP contribution is -2.41. The predicted molar refractivity (Wildman–Crippen MR) is 53.0 cm³/mol. The van der Waals surface area contributed by atoms with Gasteiger partial charge in [-0.2, -0.15) is 4.39 Å². The van der Waals surface area contributed by atoms with Gasteiger partial charge in [0, 0.05) is 12.3 Å². The largest absolute Gasteiger partial charge is 0.394 e. The Kier molecular flexibility index (Phi) is 2.86. The third-order valence-corrected chi connectivity index (χ3v) is 2.59. The lowest BCUT2D eigenvalue weighted by atomic mass is 10.2. The summed E-state index contributed by atoms with van der Waals surface area (Å²) in [7, 11) is 0. The van der Waals surface area contributed by atoms with Crippen LogP contribution in [0.15, 0.2) is 21.9 Å². The fourth-order valence-corrected chi connectivity index (χ4v) is 1.74. The third-order valence-electron chi connectivity index (χ3n) is 2.59. The van der Waals surface area contributed by atoms with Crippen molar-refractivity contribution < 1.29 is 19.3 Å². The van der Waals surface area contributed by atoms with E-state index in [9.17, 15) is 19.1 Å². The maximum Gasteiger partial charge on any atom is 0.332 e. The van der Waals surface area contributed by atoms with Crippen molar-refractivity contribution >= 4 is 0 Å². The highest BCUT2D eigenvalue weighted by Crippen LogP contribution is 2.35. The molecule has 2 rings (SSSR count). The van der Waals surface area contributed by atoms with Gasteiger partial charge in [-0.05, 0) is 0 Å². The van der Waals surface area contributed by atoms with Gasteiger partial charge in [-0.1, -0.05) is 0 Å². The van der Waals surface area contributed by atoms with Crippen LogP contribution in [0.3, 0.4) is 0 Å². The Balaban J connectivity index is 2.40. The van der Waals surface area contributed by atoms with E-state index in [0.29, 0.717) is 4.57 Å². The molecule has 0 aliphatic carbocycles. The molecule has 94 valence electrons. The molecule has 1 aliphatic heterocycles. The fourth-order valence-electron chi connectivity index (χ4n) is 1.74. The Morgan fingerprint density at radius 2 is 2.35 bits per heavy atom. The number of nitrogens with zero attached hydrogens (tertiary/aromatic N) is 1. The van der Waals surface area contributed by atoms with Gasteiger partial charge in [-0.3, -0.25) is 9.78 Å². The normalized spacial score (nSPS) is 32.9. The van der Waals surface area contributed by atoms with Crippen molar-refractivity contribution in [1.29, 1.82) is 0 Å². The number of alkyl halides is 1. The third kappa shape index (κ3) is 2.02. The number of hydrogen-bond donors (Lipinski definition) is 3. The van der Waals surface area contributed by atoms with Crippen molar-refractivity contribution in [2.24, 2.45) is 0 Å². The van der Waals surface area contributed by atoms with E-state index < -0.39 is 42.5 Å². The highest BCUT2D eigenvalue weighted by molar-refractivity contribution is 4.91. The Morgan fingerprint density at radius 3 is 2.88 bits per heavy atom. The molecule has 3 N–H and O–H groups in total. The van der Waals surface area contributed by atoms with E-state index in [2.05, 4.69) is 0 Å². The van der Waals surface area contributed by atoms with Gasteiger partial charge in [0.15, 0.2) is 0 Å². The van der Waals surface area contributed by atoms with Gasteiger partial charge in [0.05, 0.1) is 19.1 Å². The van der Waals surface area contributed by atoms with Crippen molar-refractivity contribution in [3.63, 3.8) is 0 Å². The van der Waals surface area contributed by atoms with Gasteiger partial charge in [0.2, 0.25) is 0 Å². The molecule has 1 fully saturated rings. The van der Waals surface area contributed by atoms with Crippen molar-refractivity contribution in [1.82, 2.24) is 9.55 Å². The Morgan fingerprint density at radius 1 is 1.65 bits per heavy atom. The molecule has 7 nitrogen and oxygen atoms in total. The summed E-state index contributed by atoms with van der Waals surface area (Å²) in [6.45, 7) is -0.565. The molecule has 0 spiro atoms. The summed E-state index contributed by atoms with van der Waals surface area (Å²) in [5.41, 5.74) is -1.64. The van der Waals surface area contributed by atoms with Gasteiger partial charge in [0.25, 0.3) is 11.5 Å². The summed E-state index contributed by atoms with van der Waals surface area (Å²) in [6.07, 6.45) is -1.87. The van der Waals surface area contributed by atoms with E-state index in [1.807, 2.05) is 4.98 Å². The van der Waals surface area contributed by atoms with Crippen LogP contribution in [0.5, 0.6) is 0 Å². The SMILES string of the molecule is O=c1ccn([C@]2(F)C[C@H](O)[C@@H](CO)O2)c(=O)[nH]1. The second kappa shape index (κ2) is 4.06. The molecule has 2 heterocycles. The number of hydrogen-bond acceptors (Lipinski definition) is 5. The molecule has 17 heavy (non-hydrogen) atoms. The van der Waals surface area contributed by atoms with Crippen molar-refractivity contribution in [2.45, 2.75) is 24.6 Å². The van der Waals surface area contributed by atoms with Gasteiger partial charge >= 0.3 is 5.69 Å². The molecule has 1 aromatic rings. The van der Waals surface area contributed by atoms with E-state index in [0.717, 1.165) is 12.3 Å². The monoisotopic (exact) mass is 246 g/mol. The number of ether oxygens (including phenoxy) is 1. The van der Waals surface area contributed by atoms with Crippen LogP contribution in [0, 0.1) is 0 Å². The Bertz CT molecular complexity index is 527. The zero-order chi connectivity index (χ0) is 12.6. The molecule has 1 saturated heterocycles. The van der Waals surface area contributed by atoms with Crippen LogP contribution in [-0.4, -0.2) is 38.6 Å². The van der Waals surface area contributed by atoms with Crippen molar-refractivity contribution in [2.75, 3.05) is 6.61 Å². The highest BCUT2D eigenvalue weighted by Gasteiger charge is 2.48. The molecular formula is C9H11FN2O5. The lowest BCUT2D eigenvalue weighted by molar-refractivity contribution is -0.205. The van der Waals surface area contributed by atoms with E-state index in [4.69, 9.17) is 9.84 Å². The van der Waals surface area contributed by atoms with Gasteiger partial charge in [0.1, 0.15) is 6.10 Å². The summed E-state index contributed by atoms with van der Waals surface area (Å²) >= 11 is 0. The quantitative estimate of drug-likeness (QED) is 0.574. The average Bonchev–Trinajstić information content (AvgIpc) is 2.54. The van der Waals surface area contributed by atoms with Crippen LogP contribution >= 0.6 is 0 Å². The standard InChI is InChI=1S/C9H11FN2O5/c10-9(3-5(14)6(4-13)17-9)12-2-1-7(15)11-8(12)16/h1-2,5-6,13-14H,3-4H2,(H,11,15,16)/t5-,6+,9+/m0/s1. The maximum atomic E-state index is 14.3. The van der Waals surface area contributed by atoms with Crippen LogP contribution in [0.4, 0.5) is 4.39 Å². The summed E-state index contributed by atoms with van der Waals surface area (Å²) in [5, 5.41) is 18.3. The Labute approximate surface area is 94.1 Å². The fraction of sp³-hybridized carbons (Fsp3) is 0.556. The maximum absolute atomic E-state index is 14.3. The van der Waals surface area contributed by atoms with Gasteiger partial charge < -0.3 is 14.9 Å². The second-order valence-electron chi connectivity index (χ2n) is 3.78. The van der Waals surface area contributed by atoms with Crippen molar-refractivity contribution in [3.8, 4) is 0 Å². The molecule has 1 aromatic heterocycles. The number of aliphatic hydroxyl groups excluding tert-OH is 2. The number of aliphatic hydroxyl groups is 2. The first-order valence-corrected chi connectivity index (χ1v) is 4.94. The molecule has 0 aromatic carbocycles. The van der Waals surface area contributed by atoms with E-state index in [1.165, 1.54) is 0 Å². The highest BCUT2D eigenvalue weighted by atomic mass is 19.2.